The van der Waals surface area contributed by atoms with E-state index in [4.69, 9.17) is 0 Å². The van der Waals surface area contributed by atoms with E-state index < -0.39 is 0 Å². The fourth-order valence-electron chi connectivity index (χ4n) is 3.10. The summed E-state index contributed by atoms with van der Waals surface area (Å²) in [6, 6.07) is 11.0. The molecule has 1 aliphatic heterocycles. The first-order chi connectivity index (χ1) is 10.8. The van der Waals surface area contributed by atoms with Crippen molar-refractivity contribution in [2.45, 2.75) is 57.9 Å². The van der Waals surface area contributed by atoms with Crippen LogP contribution in [-0.4, -0.2) is 36.5 Å². The van der Waals surface area contributed by atoms with Crippen LogP contribution < -0.4 is 5.32 Å². The van der Waals surface area contributed by atoms with Gasteiger partial charge in [0.25, 0.3) is 0 Å². The Morgan fingerprint density at radius 1 is 1.14 bits per heavy atom. The zero-order valence-corrected chi connectivity index (χ0v) is 13.9. The third-order valence-electron chi connectivity index (χ3n) is 4.57. The van der Waals surface area contributed by atoms with Crippen molar-refractivity contribution in [1.29, 1.82) is 0 Å². The molecule has 1 aromatic rings. The van der Waals surface area contributed by atoms with Gasteiger partial charge in [0.2, 0.25) is 5.91 Å². The van der Waals surface area contributed by atoms with Crippen molar-refractivity contribution in [2.24, 2.45) is 0 Å². The number of nitrogens with zero attached hydrogens (tertiary/aromatic N) is 1. The van der Waals surface area contributed by atoms with Gasteiger partial charge >= 0.3 is 0 Å². The van der Waals surface area contributed by atoms with Gasteiger partial charge in [0.15, 0.2) is 0 Å². The first-order valence-electron chi connectivity index (χ1n) is 8.80. The molecule has 1 aliphatic rings. The average molecular weight is 302 g/mol. The highest BCUT2D eigenvalue weighted by atomic mass is 16.1. The maximum Gasteiger partial charge on any atom is 0.220 e. The summed E-state index contributed by atoms with van der Waals surface area (Å²) in [5.74, 6) is 0.205. The molecule has 1 aromatic carbocycles. The van der Waals surface area contributed by atoms with E-state index in [1.807, 2.05) is 6.07 Å². The summed E-state index contributed by atoms with van der Waals surface area (Å²) in [5, 5.41) is 3.10. The number of unbranched alkanes of at least 4 members (excludes halogenated alkanes) is 1. The standard InChI is InChI=1S/C19H30N2O/c1-17(21-14-8-3-9-15-21)16-20-19(22)13-7-6-12-18-10-4-2-5-11-18/h2,4-5,10-11,17H,3,6-9,12-16H2,1H3,(H,20,22). The molecular formula is C19H30N2O. The lowest BCUT2D eigenvalue weighted by atomic mass is 10.1. The van der Waals surface area contributed by atoms with Crippen LogP contribution in [0.15, 0.2) is 30.3 Å². The fraction of sp³-hybridized carbons (Fsp3) is 0.632. The summed E-state index contributed by atoms with van der Waals surface area (Å²) in [5.41, 5.74) is 1.36. The SMILES string of the molecule is CC(CNC(=O)CCCCc1ccccc1)N1CCCCC1. The molecule has 2 rings (SSSR count). The van der Waals surface area contributed by atoms with Crippen LogP contribution in [0.1, 0.15) is 51.0 Å². The van der Waals surface area contributed by atoms with E-state index in [0.717, 1.165) is 25.8 Å². The van der Waals surface area contributed by atoms with E-state index in [0.29, 0.717) is 12.5 Å². The minimum Gasteiger partial charge on any atom is -0.355 e. The van der Waals surface area contributed by atoms with Crippen LogP contribution >= 0.6 is 0 Å². The number of carbonyl (C=O) groups excluding carboxylic acids is 1. The molecule has 0 radical (unpaired) electrons. The predicted molar refractivity (Wildman–Crippen MR) is 91.9 cm³/mol. The molecule has 0 spiro atoms. The number of nitrogens with one attached hydrogen (secondary N) is 1. The molecule has 0 bridgehead atoms. The van der Waals surface area contributed by atoms with Crippen molar-refractivity contribution in [2.75, 3.05) is 19.6 Å². The van der Waals surface area contributed by atoms with E-state index in [1.54, 1.807) is 0 Å². The van der Waals surface area contributed by atoms with Gasteiger partial charge < -0.3 is 5.32 Å². The molecule has 3 heteroatoms. The Morgan fingerprint density at radius 3 is 2.59 bits per heavy atom. The molecule has 1 N–H and O–H groups in total. The van der Waals surface area contributed by atoms with E-state index in [2.05, 4.69) is 41.4 Å². The molecule has 0 aliphatic carbocycles. The van der Waals surface area contributed by atoms with Gasteiger partial charge in [-0.2, -0.15) is 0 Å². The Hall–Kier alpha value is -1.35. The highest BCUT2D eigenvalue weighted by Crippen LogP contribution is 2.11. The van der Waals surface area contributed by atoms with Gasteiger partial charge in [0.05, 0.1) is 0 Å². The largest absolute Gasteiger partial charge is 0.355 e. The van der Waals surface area contributed by atoms with Crippen LogP contribution in [0.3, 0.4) is 0 Å². The van der Waals surface area contributed by atoms with Crippen molar-refractivity contribution in [3.8, 4) is 0 Å². The summed E-state index contributed by atoms with van der Waals surface area (Å²) >= 11 is 0. The number of amides is 1. The molecule has 0 saturated carbocycles. The highest BCUT2D eigenvalue weighted by molar-refractivity contribution is 5.75. The maximum absolute atomic E-state index is 11.9. The fourth-order valence-corrected chi connectivity index (χ4v) is 3.10. The van der Waals surface area contributed by atoms with Gasteiger partial charge in [-0.05, 0) is 57.7 Å². The first-order valence-corrected chi connectivity index (χ1v) is 8.80. The van der Waals surface area contributed by atoms with Gasteiger partial charge in [-0.15, -0.1) is 0 Å². The van der Waals surface area contributed by atoms with Gasteiger partial charge in [0.1, 0.15) is 0 Å². The highest BCUT2D eigenvalue weighted by Gasteiger charge is 2.16. The molecule has 1 amide bonds. The monoisotopic (exact) mass is 302 g/mol. The second-order valence-electron chi connectivity index (χ2n) is 6.44. The molecule has 1 heterocycles. The molecule has 1 fully saturated rings. The molecular weight excluding hydrogens is 272 g/mol. The minimum atomic E-state index is 0.205. The number of carbonyl (C=O) groups is 1. The molecule has 1 saturated heterocycles. The topological polar surface area (TPSA) is 32.3 Å². The Kier molecular flexibility index (Phi) is 7.44. The zero-order valence-electron chi connectivity index (χ0n) is 13.9. The first kappa shape index (κ1) is 17.0. The molecule has 122 valence electrons. The molecule has 0 aromatic heterocycles. The lowest BCUT2D eigenvalue weighted by Crippen LogP contribution is -2.44. The van der Waals surface area contributed by atoms with Gasteiger partial charge in [-0.1, -0.05) is 36.8 Å². The molecule has 3 nitrogen and oxygen atoms in total. The molecule has 1 atom stereocenters. The van der Waals surface area contributed by atoms with Gasteiger partial charge in [0, 0.05) is 19.0 Å². The summed E-state index contributed by atoms with van der Waals surface area (Å²) < 4.78 is 0. The van der Waals surface area contributed by atoms with Crippen molar-refractivity contribution in [1.82, 2.24) is 10.2 Å². The van der Waals surface area contributed by atoms with Crippen molar-refractivity contribution in [3.63, 3.8) is 0 Å². The van der Waals surface area contributed by atoms with Crippen LogP contribution in [0.2, 0.25) is 0 Å². The number of piperidine rings is 1. The Morgan fingerprint density at radius 2 is 1.86 bits per heavy atom. The average Bonchev–Trinajstić information content (AvgIpc) is 2.58. The Bertz CT molecular complexity index is 426. The summed E-state index contributed by atoms with van der Waals surface area (Å²) in [6.45, 7) is 5.39. The van der Waals surface area contributed by atoms with E-state index in [9.17, 15) is 4.79 Å². The number of hydrogen-bond donors (Lipinski definition) is 1. The normalized spacial score (nSPS) is 17.1. The van der Waals surface area contributed by atoms with Crippen LogP contribution in [0, 0.1) is 0 Å². The van der Waals surface area contributed by atoms with E-state index >= 15 is 0 Å². The lowest BCUT2D eigenvalue weighted by Gasteiger charge is -2.32. The number of benzene rings is 1. The third-order valence-corrected chi connectivity index (χ3v) is 4.57. The van der Waals surface area contributed by atoms with Gasteiger partial charge in [-0.25, -0.2) is 0 Å². The zero-order chi connectivity index (χ0) is 15.6. The van der Waals surface area contributed by atoms with Crippen molar-refractivity contribution < 1.29 is 4.79 Å². The number of aryl methyl sites for hydroxylation is 1. The van der Waals surface area contributed by atoms with Gasteiger partial charge in [-0.3, -0.25) is 9.69 Å². The Labute approximate surface area is 135 Å². The summed E-state index contributed by atoms with van der Waals surface area (Å²) in [4.78, 5) is 14.4. The van der Waals surface area contributed by atoms with Crippen molar-refractivity contribution in [3.05, 3.63) is 35.9 Å². The van der Waals surface area contributed by atoms with Crippen molar-refractivity contribution >= 4 is 5.91 Å². The Balaban J connectivity index is 1.54. The summed E-state index contributed by atoms with van der Waals surface area (Å²) in [6.07, 6.45) is 7.74. The number of hydrogen-bond acceptors (Lipinski definition) is 2. The predicted octanol–water partition coefficient (Wildman–Crippen LogP) is 3.39. The lowest BCUT2D eigenvalue weighted by molar-refractivity contribution is -0.121. The molecule has 1 unspecified atom stereocenters. The second kappa shape index (κ2) is 9.62. The van der Waals surface area contributed by atoms with E-state index in [1.165, 1.54) is 37.9 Å². The molecule has 22 heavy (non-hydrogen) atoms. The van der Waals surface area contributed by atoms with E-state index in [-0.39, 0.29) is 5.91 Å². The number of likely N-dealkylation sites (tertiary alicyclic amines) is 1. The van der Waals surface area contributed by atoms with Crippen LogP contribution in [-0.2, 0) is 11.2 Å². The van der Waals surface area contributed by atoms with Crippen LogP contribution in [0.5, 0.6) is 0 Å². The smallest absolute Gasteiger partial charge is 0.220 e. The second-order valence-corrected chi connectivity index (χ2v) is 6.44. The van der Waals surface area contributed by atoms with Crippen LogP contribution in [0.4, 0.5) is 0 Å². The quantitative estimate of drug-likeness (QED) is 0.747. The maximum atomic E-state index is 11.9. The number of rotatable bonds is 8. The van der Waals surface area contributed by atoms with Crippen LogP contribution in [0.25, 0.3) is 0 Å². The third kappa shape index (κ3) is 6.18. The summed E-state index contributed by atoms with van der Waals surface area (Å²) in [7, 11) is 0. The minimum absolute atomic E-state index is 0.205.